The molecule has 2 fully saturated rings. The van der Waals surface area contributed by atoms with Crippen molar-refractivity contribution in [2.75, 3.05) is 0 Å². The minimum absolute atomic E-state index is 0.136. The van der Waals surface area contributed by atoms with Crippen molar-refractivity contribution in [3.8, 4) is 0 Å². The lowest BCUT2D eigenvalue weighted by Gasteiger charge is -2.35. The van der Waals surface area contributed by atoms with Crippen LogP contribution in [0, 0.1) is 0 Å². The average Bonchev–Trinajstić information content (AvgIpc) is 3.02. The molecule has 2 aliphatic carbocycles. The maximum absolute atomic E-state index is 12.8. The molecule has 1 aromatic carbocycles. The van der Waals surface area contributed by atoms with Crippen molar-refractivity contribution in [3.05, 3.63) is 35.9 Å². The van der Waals surface area contributed by atoms with Crippen molar-refractivity contribution in [2.45, 2.75) is 67.4 Å². The summed E-state index contributed by atoms with van der Waals surface area (Å²) in [5.41, 5.74) is 7.69. The predicted molar refractivity (Wildman–Crippen MR) is 85.2 cm³/mol. The minimum Gasteiger partial charge on any atom is -0.327 e. The Kier molecular flexibility index (Phi) is 4.57. The van der Waals surface area contributed by atoms with E-state index in [9.17, 15) is 4.21 Å². The molecule has 0 spiro atoms. The lowest BCUT2D eigenvalue weighted by Crippen LogP contribution is -2.44. The van der Waals surface area contributed by atoms with Gasteiger partial charge >= 0.3 is 0 Å². The Labute approximate surface area is 124 Å². The number of rotatable bonds is 3. The van der Waals surface area contributed by atoms with Gasteiger partial charge in [-0.1, -0.05) is 43.2 Å². The Morgan fingerprint density at radius 2 is 1.70 bits per heavy atom. The van der Waals surface area contributed by atoms with Crippen molar-refractivity contribution in [1.29, 1.82) is 0 Å². The van der Waals surface area contributed by atoms with Crippen molar-refractivity contribution in [3.63, 3.8) is 0 Å². The quantitative estimate of drug-likeness (QED) is 0.928. The molecule has 0 bridgehead atoms. The van der Waals surface area contributed by atoms with Crippen LogP contribution in [0.25, 0.3) is 0 Å². The molecular formula is C17H25NOS. The molecule has 20 heavy (non-hydrogen) atoms. The Hall–Kier alpha value is -0.670. The Morgan fingerprint density at radius 3 is 2.40 bits per heavy atom. The molecule has 4 atom stereocenters. The van der Waals surface area contributed by atoms with Crippen LogP contribution in [-0.4, -0.2) is 20.8 Å². The molecule has 2 aliphatic rings. The molecule has 0 aromatic heterocycles. The molecule has 2 N–H and O–H groups in total. The van der Waals surface area contributed by atoms with Crippen molar-refractivity contribution < 1.29 is 4.21 Å². The molecule has 2 nitrogen and oxygen atoms in total. The van der Waals surface area contributed by atoms with Crippen LogP contribution in [0.3, 0.4) is 0 Å². The molecular weight excluding hydrogens is 266 g/mol. The summed E-state index contributed by atoms with van der Waals surface area (Å²) < 4.78 is 12.8. The van der Waals surface area contributed by atoms with Gasteiger partial charge in [0.05, 0.1) is 5.25 Å². The zero-order valence-corrected chi connectivity index (χ0v) is 12.9. The summed E-state index contributed by atoms with van der Waals surface area (Å²) in [7, 11) is -0.731. The summed E-state index contributed by atoms with van der Waals surface area (Å²) in [5, 5.41) is 0.623. The standard InChI is InChI=1S/C17H25NOS/c18-16-11-10-14(13-6-2-1-3-7-13)12-17(16)20(19)15-8-4-5-9-15/h1-3,6-7,14-17H,4-5,8-12,18H2. The smallest absolute Gasteiger partial charge is 0.0507 e. The highest BCUT2D eigenvalue weighted by Crippen LogP contribution is 2.37. The van der Waals surface area contributed by atoms with Gasteiger partial charge < -0.3 is 5.73 Å². The van der Waals surface area contributed by atoms with Crippen LogP contribution in [0.2, 0.25) is 0 Å². The first-order valence-corrected chi connectivity index (χ1v) is 9.23. The van der Waals surface area contributed by atoms with E-state index in [0.29, 0.717) is 11.2 Å². The summed E-state index contributed by atoms with van der Waals surface area (Å²) in [6.07, 6.45) is 7.96. The monoisotopic (exact) mass is 291 g/mol. The third-order valence-electron chi connectivity index (χ3n) is 5.04. The summed E-state index contributed by atoms with van der Waals surface area (Å²) >= 11 is 0. The number of nitrogens with two attached hydrogens (primary N) is 1. The lowest BCUT2D eigenvalue weighted by molar-refractivity contribution is 0.398. The van der Waals surface area contributed by atoms with E-state index < -0.39 is 10.8 Å². The maximum atomic E-state index is 12.8. The van der Waals surface area contributed by atoms with Gasteiger partial charge in [-0.2, -0.15) is 0 Å². The Bertz CT molecular complexity index is 455. The Balaban J connectivity index is 1.71. The van der Waals surface area contributed by atoms with Crippen molar-refractivity contribution in [1.82, 2.24) is 0 Å². The highest BCUT2D eigenvalue weighted by atomic mass is 32.2. The van der Waals surface area contributed by atoms with E-state index in [1.165, 1.54) is 18.4 Å². The zero-order chi connectivity index (χ0) is 13.9. The van der Waals surface area contributed by atoms with E-state index in [1.54, 1.807) is 0 Å². The SMILES string of the molecule is NC1CCC(c2ccccc2)CC1S(=O)C1CCCC1. The van der Waals surface area contributed by atoms with Crippen LogP contribution in [0.4, 0.5) is 0 Å². The van der Waals surface area contributed by atoms with Crippen LogP contribution in [-0.2, 0) is 10.8 Å². The molecule has 0 radical (unpaired) electrons. The predicted octanol–water partition coefficient (Wildman–Crippen LogP) is 3.34. The van der Waals surface area contributed by atoms with Gasteiger partial charge in [0.25, 0.3) is 0 Å². The van der Waals surface area contributed by atoms with Gasteiger partial charge in [-0.3, -0.25) is 4.21 Å². The molecule has 0 amide bonds. The van der Waals surface area contributed by atoms with Gasteiger partial charge in [-0.25, -0.2) is 0 Å². The van der Waals surface area contributed by atoms with Gasteiger partial charge in [-0.05, 0) is 43.6 Å². The van der Waals surface area contributed by atoms with Crippen molar-refractivity contribution in [2.24, 2.45) is 5.73 Å². The zero-order valence-electron chi connectivity index (χ0n) is 12.0. The molecule has 3 rings (SSSR count). The van der Waals surface area contributed by atoms with Crippen LogP contribution in [0.15, 0.2) is 30.3 Å². The van der Waals surface area contributed by atoms with E-state index in [0.717, 1.165) is 32.1 Å². The first kappa shape index (κ1) is 14.3. The molecule has 4 unspecified atom stereocenters. The molecule has 110 valence electrons. The third kappa shape index (κ3) is 2.99. The topological polar surface area (TPSA) is 43.1 Å². The molecule has 0 aliphatic heterocycles. The largest absolute Gasteiger partial charge is 0.327 e. The molecule has 0 heterocycles. The number of benzene rings is 1. The second-order valence-corrected chi connectivity index (χ2v) is 8.29. The summed E-state index contributed by atoms with van der Waals surface area (Å²) in [6, 6.07) is 10.8. The summed E-state index contributed by atoms with van der Waals surface area (Å²) in [6.45, 7) is 0. The van der Waals surface area contributed by atoms with E-state index in [1.807, 2.05) is 0 Å². The van der Waals surface area contributed by atoms with Crippen LogP contribution >= 0.6 is 0 Å². The second kappa shape index (κ2) is 6.40. The van der Waals surface area contributed by atoms with Gasteiger partial charge in [0, 0.05) is 22.1 Å². The number of hydrogen-bond acceptors (Lipinski definition) is 2. The Morgan fingerprint density at radius 1 is 1.00 bits per heavy atom. The average molecular weight is 291 g/mol. The fourth-order valence-corrected chi connectivity index (χ4v) is 6.01. The van der Waals surface area contributed by atoms with Crippen molar-refractivity contribution >= 4 is 10.8 Å². The lowest BCUT2D eigenvalue weighted by atomic mass is 9.82. The van der Waals surface area contributed by atoms with E-state index in [-0.39, 0.29) is 11.3 Å². The third-order valence-corrected chi connectivity index (χ3v) is 7.31. The van der Waals surface area contributed by atoms with Crippen LogP contribution in [0.1, 0.15) is 56.4 Å². The van der Waals surface area contributed by atoms with E-state index in [4.69, 9.17) is 5.73 Å². The second-order valence-electron chi connectivity index (χ2n) is 6.36. The fraction of sp³-hybridized carbons (Fsp3) is 0.647. The minimum atomic E-state index is -0.731. The summed E-state index contributed by atoms with van der Waals surface area (Å²) in [4.78, 5) is 0. The van der Waals surface area contributed by atoms with Gasteiger partial charge in [-0.15, -0.1) is 0 Å². The fourth-order valence-electron chi connectivity index (χ4n) is 3.82. The molecule has 2 saturated carbocycles. The summed E-state index contributed by atoms with van der Waals surface area (Å²) in [5.74, 6) is 0.548. The normalized spacial score (nSPS) is 33.1. The first-order valence-electron chi connectivity index (χ1n) is 7.95. The highest BCUT2D eigenvalue weighted by Gasteiger charge is 2.36. The molecule has 0 saturated heterocycles. The van der Waals surface area contributed by atoms with Crippen LogP contribution in [0.5, 0.6) is 0 Å². The van der Waals surface area contributed by atoms with Gasteiger partial charge in [0.15, 0.2) is 0 Å². The van der Waals surface area contributed by atoms with Gasteiger partial charge in [0.2, 0.25) is 0 Å². The van der Waals surface area contributed by atoms with E-state index >= 15 is 0 Å². The first-order chi connectivity index (χ1) is 9.75. The van der Waals surface area contributed by atoms with Gasteiger partial charge in [0.1, 0.15) is 0 Å². The molecule has 1 aromatic rings. The highest BCUT2D eigenvalue weighted by molar-refractivity contribution is 7.86. The number of hydrogen-bond donors (Lipinski definition) is 1. The van der Waals surface area contributed by atoms with Crippen LogP contribution < -0.4 is 5.73 Å². The maximum Gasteiger partial charge on any atom is 0.0507 e. The van der Waals surface area contributed by atoms with E-state index in [2.05, 4.69) is 30.3 Å². The molecule has 3 heteroatoms.